The highest BCUT2D eigenvalue weighted by atomic mass is 32.2. The predicted molar refractivity (Wildman–Crippen MR) is 69.2 cm³/mol. The first kappa shape index (κ1) is 16.6. The van der Waals surface area contributed by atoms with Gasteiger partial charge in [0.1, 0.15) is 0 Å². The van der Waals surface area contributed by atoms with E-state index in [1.54, 1.807) is 19.1 Å². The molecule has 8 heteroatoms. The second-order valence-corrected chi connectivity index (χ2v) is 5.91. The van der Waals surface area contributed by atoms with Crippen LogP contribution in [0.2, 0.25) is 0 Å². The normalized spacial score (nSPS) is 12.3. The topological polar surface area (TPSA) is 72.8 Å². The van der Waals surface area contributed by atoms with E-state index in [1.165, 1.54) is 12.1 Å². The van der Waals surface area contributed by atoms with E-state index < -0.39 is 42.0 Å². The van der Waals surface area contributed by atoms with Gasteiger partial charge in [-0.05, 0) is 19.1 Å². The van der Waals surface area contributed by atoms with E-state index in [0.717, 1.165) is 5.56 Å². The second kappa shape index (κ2) is 6.85. The molecule has 0 spiro atoms. The third-order valence-corrected chi connectivity index (χ3v) is 3.91. The van der Waals surface area contributed by atoms with E-state index in [1.807, 2.05) is 0 Å². The Morgan fingerprint density at radius 2 is 1.80 bits per heavy atom. The zero-order valence-electron chi connectivity index (χ0n) is 10.9. The Labute approximate surface area is 116 Å². The zero-order valence-corrected chi connectivity index (χ0v) is 11.7. The molecule has 112 valence electrons. The molecule has 0 atom stereocenters. The third-order valence-electron chi connectivity index (χ3n) is 2.58. The fourth-order valence-electron chi connectivity index (χ4n) is 1.41. The van der Waals surface area contributed by atoms with Crippen LogP contribution in [0.3, 0.4) is 0 Å². The minimum atomic E-state index is -4.04. The van der Waals surface area contributed by atoms with Gasteiger partial charge in [-0.25, -0.2) is 8.78 Å². The molecule has 0 aliphatic rings. The van der Waals surface area contributed by atoms with Crippen LogP contribution >= 0.6 is 0 Å². The number of rotatable bonds is 8. The fourth-order valence-corrected chi connectivity index (χ4v) is 2.32. The van der Waals surface area contributed by atoms with Crippen LogP contribution in [0.1, 0.15) is 18.4 Å². The Balaban J connectivity index is 2.56. The van der Waals surface area contributed by atoms with E-state index in [9.17, 15) is 22.1 Å². The van der Waals surface area contributed by atoms with Crippen LogP contribution in [-0.2, 0) is 14.3 Å². The predicted octanol–water partition coefficient (Wildman–Crippen LogP) is 2.88. The van der Waals surface area contributed by atoms with Crippen molar-refractivity contribution in [3.63, 3.8) is 0 Å². The number of aryl methyl sites for hydroxylation is 1. The lowest BCUT2D eigenvalue weighted by molar-refractivity contribution is -0.0232. The summed E-state index contributed by atoms with van der Waals surface area (Å²) in [5.74, 6) is -3.17. The number of nitrogens with zero attached hydrogens (tertiary/aromatic N) is 1. The standard InChI is InChI=1S/C12H15F2NO4S/c1-10-2-4-11(5-3-10)20(17,18)19-9-7-12(13,14)6-8-15-16/h2-5H,6-9H2,1H3. The van der Waals surface area contributed by atoms with E-state index in [4.69, 9.17) is 0 Å². The van der Waals surface area contributed by atoms with Crippen molar-refractivity contribution in [2.45, 2.75) is 30.6 Å². The van der Waals surface area contributed by atoms with Crippen LogP contribution in [-0.4, -0.2) is 27.5 Å². The van der Waals surface area contributed by atoms with Gasteiger partial charge in [0.15, 0.2) is 0 Å². The molecule has 0 aliphatic heterocycles. The van der Waals surface area contributed by atoms with Crippen molar-refractivity contribution >= 4 is 10.1 Å². The lowest BCUT2D eigenvalue weighted by Gasteiger charge is -2.14. The summed E-state index contributed by atoms with van der Waals surface area (Å²) >= 11 is 0. The van der Waals surface area contributed by atoms with Gasteiger partial charge < -0.3 is 0 Å². The molecule has 0 bridgehead atoms. The minimum Gasteiger partial charge on any atom is -0.266 e. The van der Waals surface area contributed by atoms with Gasteiger partial charge in [-0.2, -0.15) is 13.3 Å². The maximum Gasteiger partial charge on any atom is 0.296 e. The zero-order chi connectivity index (χ0) is 15.2. The maximum atomic E-state index is 13.2. The number of halogens is 2. The molecule has 5 nitrogen and oxygen atoms in total. The second-order valence-electron chi connectivity index (χ2n) is 4.30. The average Bonchev–Trinajstić information content (AvgIpc) is 2.36. The molecular weight excluding hydrogens is 292 g/mol. The van der Waals surface area contributed by atoms with Crippen LogP contribution in [0.5, 0.6) is 0 Å². The molecule has 0 heterocycles. The van der Waals surface area contributed by atoms with Crippen molar-refractivity contribution in [3.05, 3.63) is 34.7 Å². The Hall–Kier alpha value is -1.41. The molecule has 0 amide bonds. The molecule has 1 aromatic carbocycles. The fraction of sp³-hybridized carbons (Fsp3) is 0.500. The summed E-state index contributed by atoms with van der Waals surface area (Å²) < 4.78 is 54.3. The highest BCUT2D eigenvalue weighted by molar-refractivity contribution is 7.86. The van der Waals surface area contributed by atoms with Gasteiger partial charge in [-0.3, -0.25) is 4.18 Å². The van der Waals surface area contributed by atoms with E-state index in [2.05, 4.69) is 9.36 Å². The Bertz CT molecular complexity index is 543. The highest BCUT2D eigenvalue weighted by Gasteiger charge is 2.29. The lowest BCUT2D eigenvalue weighted by Crippen LogP contribution is -2.21. The monoisotopic (exact) mass is 307 g/mol. The summed E-state index contributed by atoms with van der Waals surface area (Å²) in [7, 11) is -4.04. The van der Waals surface area contributed by atoms with Gasteiger partial charge in [-0.15, -0.1) is 0 Å². The number of nitroso groups, excluding NO2 is 1. The molecular formula is C12H15F2NO4S. The smallest absolute Gasteiger partial charge is 0.266 e. The molecule has 0 fully saturated rings. The number of alkyl halides is 2. The Morgan fingerprint density at radius 1 is 1.20 bits per heavy atom. The quantitative estimate of drug-likeness (QED) is 0.547. The van der Waals surface area contributed by atoms with Crippen molar-refractivity contribution < 1.29 is 21.4 Å². The van der Waals surface area contributed by atoms with Crippen molar-refractivity contribution in [2.75, 3.05) is 13.2 Å². The van der Waals surface area contributed by atoms with Gasteiger partial charge in [-0.1, -0.05) is 22.9 Å². The van der Waals surface area contributed by atoms with Crippen molar-refractivity contribution in [1.82, 2.24) is 0 Å². The molecule has 0 saturated heterocycles. The summed E-state index contributed by atoms with van der Waals surface area (Å²) in [6, 6.07) is 5.86. The number of benzene rings is 1. The summed E-state index contributed by atoms with van der Waals surface area (Å²) in [4.78, 5) is 9.70. The SMILES string of the molecule is Cc1ccc(S(=O)(=O)OCCC(F)(F)CCN=O)cc1. The van der Waals surface area contributed by atoms with Crippen molar-refractivity contribution in [2.24, 2.45) is 5.18 Å². The van der Waals surface area contributed by atoms with Crippen LogP contribution in [0.4, 0.5) is 8.78 Å². The van der Waals surface area contributed by atoms with Gasteiger partial charge in [0.2, 0.25) is 0 Å². The van der Waals surface area contributed by atoms with Crippen LogP contribution in [0.25, 0.3) is 0 Å². The minimum absolute atomic E-state index is 0.0824. The van der Waals surface area contributed by atoms with Gasteiger partial charge in [0.05, 0.1) is 18.0 Å². The average molecular weight is 307 g/mol. The molecule has 1 aromatic rings. The van der Waals surface area contributed by atoms with Crippen molar-refractivity contribution in [1.29, 1.82) is 0 Å². The first-order valence-electron chi connectivity index (χ1n) is 5.90. The first-order chi connectivity index (χ1) is 9.27. The van der Waals surface area contributed by atoms with Crippen LogP contribution in [0, 0.1) is 11.8 Å². The molecule has 20 heavy (non-hydrogen) atoms. The summed E-state index contributed by atoms with van der Waals surface area (Å²) in [6.45, 7) is 0.624. The van der Waals surface area contributed by atoms with E-state index in [-0.39, 0.29) is 4.90 Å². The third kappa shape index (κ3) is 5.30. The number of hydrogen-bond donors (Lipinski definition) is 0. The summed E-state index contributed by atoms with van der Waals surface area (Å²) in [5, 5.41) is 2.34. The molecule has 0 N–H and O–H groups in total. The molecule has 0 unspecified atom stereocenters. The maximum absolute atomic E-state index is 13.2. The molecule has 0 saturated carbocycles. The van der Waals surface area contributed by atoms with Gasteiger partial charge >= 0.3 is 0 Å². The summed E-state index contributed by atoms with van der Waals surface area (Å²) in [6.07, 6.45) is -1.50. The van der Waals surface area contributed by atoms with Crippen molar-refractivity contribution in [3.8, 4) is 0 Å². The highest BCUT2D eigenvalue weighted by Crippen LogP contribution is 2.24. The van der Waals surface area contributed by atoms with E-state index in [0.29, 0.717) is 0 Å². The van der Waals surface area contributed by atoms with Crippen LogP contribution < -0.4 is 0 Å². The van der Waals surface area contributed by atoms with Gasteiger partial charge in [0.25, 0.3) is 16.0 Å². The summed E-state index contributed by atoms with van der Waals surface area (Å²) in [5.41, 5.74) is 0.872. The van der Waals surface area contributed by atoms with E-state index >= 15 is 0 Å². The molecule has 1 rings (SSSR count). The lowest BCUT2D eigenvalue weighted by atomic mass is 10.2. The Kier molecular flexibility index (Phi) is 5.70. The van der Waals surface area contributed by atoms with Gasteiger partial charge in [0, 0.05) is 12.8 Å². The Morgan fingerprint density at radius 3 is 2.35 bits per heavy atom. The molecule has 0 radical (unpaired) electrons. The molecule has 0 aromatic heterocycles. The molecule has 0 aliphatic carbocycles. The number of hydrogen-bond acceptors (Lipinski definition) is 5. The van der Waals surface area contributed by atoms with Crippen LogP contribution in [0.15, 0.2) is 34.3 Å². The largest absolute Gasteiger partial charge is 0.296 e. The first-order valence-corrected chi connectivity index (χ1v) is 7.31.